The van der Waals surface area contributed by atoms with Gasteiger partial charge in [-0.15, -0.1) is 11.3 Å². The Morgan fingerprint density at radius 1 is 1.22 bits per heavy atom. The minimum absolute atomic E-state index is 0.247. The molecule has 1 aromatic rings. The number of rotatable bonds is 4. The number of hydrogen-bond acceptors (Lipinski definition) is 2. The molecule has 0 saturated carbocycles. The molecular formula is C16H27NS. The summed E-state index contributed by atoms with van der Waals surface area (Å²) in [4.78, 5) is 1.38. The molecule has 0 aromatic carbocycles. The molecule has 0 aliphatic heterocycles. The Balaban J connectivity index is 2.50. The summed E-state index contributed by atoms with van der Waals surface area (Å²) >= 11 is 1.83. The monoisotopic (exact) mass is 265 g/mol. The molecule has 1 nitrogen and oxygen atoms in total. The van der Waals surface area contributed by atoms with Gasteiger partial charge >= 0.3 is 0 Å². The van der Waals surface area contributed by atoms with Gasteiger partial charge in [0.1, 0.15) is 0 Å². The van der Waals surface area contributed by atoms with E-state index in [2.05, 4.69) is 64.9 Å². The summed E-state index contributed by atoms with van der Waals surface area (Å²) in [6, 6.07) is 2.31. The molecule has 18 heavy (non-hydrogen) atoms. The van der Waals surface area contributed by atoms with Gasteiger partial charge in [0.15, 0.2) is 0 Å². The molecule has 1 heterocycles. The SMILES string of the molecule is C=C(CC(C)(C)C)NCc1cc(C(C)(C)C)cs1. The highest BCUT2D eigenvalue weighted by molar-refractivity contribution is 7.10. The molecule has 0 amide bonds. The zero-order valence-corrected chi connectivity index (χ0v) is 13.5. The Labute approximate surface area is 116 Å². The van der Waals surface area contributed by atoms with Gasteiger partial charge in [0.05, 0.1) is 0 Å². The molecule has 102 valence electrons. The van der Waals surface area contributed by atoms with Crippen molar-refractivity contribution in [3.8, 4) is 0 Å². The quantitative estimate of drug-likeness (QED) is 0.800. The van der Waals surface area contributed by atoms with E-state index >= 15 is 0 Å². The Hall–Kier alpha value is -0.760. The summed E-state index contributed by atoms with van der Waals surface area (Å²) in [5.41, 5.74) is 3.10. The van der Waals surface area contributed by atoms with Gasteiger partial charge in [0.2, 0.25) is 0 Å². The van der Waals surface area contributed by atoms with E-state index in [1.165, 1.54) is 10.4 Å². The van der Waals surface area contributed by atoms with Crippen LogP contribution in [0.4, 0.5) is 0 Å². The largest absolute Gasteiger partial charge is 0.384 e. The predicted octanol–water partition coefficient (Wildman–Crippen LogP) is 5.09. The van der Waals surface area contributed by atoms with E-state index in [0.717, 1.165) is 18.7 Å². The predicted molar refractivity (Wildman–Crippen MR) is 83.1 cm³/mol. The molecule has 0 bridgehead atoms. The first kappa shape index (κ1) is 15.3. The Morgan fingerprint density at radius 2 is 1.83 bits per heavy atom. The maximum atomic E-state index is 4.10. The van der Waals surface area contributed by atoms with E-state index < -0.39 is 0 Å². The lowest BCUT2D eigenvalue weighted by molar-refractivity contribution is 0.398. The van der Waals surface area contributed by atoms with E-state index in [1.54, 1.807) is 0 Å². The third kappa shape index (κ3) is 5.26. The van der Waals surface area contributed by atoms with Gasteiger partial charge in [-0.05, 0) is 34.3 Å². The lowest BCUT2D eigenvalue weighted by atomic mass is 9.89. The van der Waals surface area contributed by atoms with Gasteiger partial charge in [-0.1, -0.05) is 48.1 Å². The zero-order valence-electron chi connectivity index (χ0n) is 12.7. The first-order chi connectivity index (χ1) is 8.08. The minimum Gasteiger partial charge on any atom is -0.384 e. The number of hydrogen-bond donors (Lipinski definition) is 1. The van der Waals surface area contributed by atoms with Crippen LogP contribution in [0.2, 0.25) is 0 Å². The van der Waals surface area contributed by atoms with Crippen LogP contribution in [0.15, 0.2) is 23.7 Å². The van der Waals surface area contributed by atoms with Crippen molar-refractivity contribution in [2.24, 2.45) is 5.41 Å². The Kier molecular flexibility index (Phi) is 4.66. The fraction of sp³-hybridized carbons (Fsp3) is 0.625. The van der Waals surface area contributed by atoms with Crippen molar-refractivity contribution >= 4 is 11.3 Å². The molecule has 0 radical (unpaired) electrons. The van der Waals surface area contributed by atoms with E-state index in [1.807, 2.05) is 11.3 Å². The van der Waals surface area contributed by atoms with Gasteiger partial charge in [-0.2, -0.15) is 0 Å². The molecule has 0 fully saturated rings. The van der Waals surface area contributed by atoms with Crippen LogP contribution in [-0.2, 0) is 12.0 Å². The highest BCUT2D eigenvalue weighted by Gasteiger charge is 2.16. The number of allylic oxidation sites excluding steroid dienone is 1. The summed E-state index contributed by atoms with van der Waals surface area (Å²) in [7, 11) is 0. The molecule has 0 unspecified atom stereocenters. The van der Waals surface area contributed by atoms with Crippen molar-refractivity contribution in [1.29, 1.82) is 0 Å². The molecule has 0 aliphatic rings. The van der Waals surface area contributed by atoms with Gasteiger partial charge in [-0.25, -0.2) is 0 Å². The molecule has 1 rings (SSSR count). The second-order valence-electron chi connectivity index (χ2n) is 7.25. The highest BCUT2D eigenvalue weighted by Crippen LogP contribution is 2.27. The zero-order chi connectivity index (χ0) is 14.0. The van der Waals surface area contributed by atoms with E-state index in [0.29, 0.717) is 5.41 Å². The second-order valence-corrected chi connectivity index (χ2v) is 8.24. The first-order valence-electron chi connectivity index (χ1n) is 6.57. The van der Waals surface area contributed by atoms with Crippen LogP contribution in [0.25, 0.3) is 0 Å². The molecule has 2 heteroatoms. The summed E-state index contributed by atoms with van der Waals surface area (Å²) in [6.45, 7) is 18.5. The van der Waals surface area contributed by atoms with Crippen molar-refractivity contribution in [1.82, 2.24) is 5.32 Å². The fourth-order valence-electron chi connectivity index (χ4n) is 1.78. The summed E-state index contributed by atoms with van der Waals surface area (Å²) in [5, 5.41) is 5.70. The van der Waals surface area contributed by atoms with Gasteiger partial charge in [0, 0.05) is 17.1 Å². The van der Waals surface area contributed by atoms with Crippen LogP contribution in [0.1, 0.15) is 58.4 Å². The summed E-state index contributed by atoms with van der Waals surface area (Å²) in [6.07, 6.45) is 1.02. The highest BCUT2D eigenvalue weighted by atomic mass is 32.1. The number of thiophene rings is 1. The average Bonchev–Trinajstić information content (AvgIpc) is 2.59. The Bertz CT molecular complexity index is 401. The molecule has 0 spiro atoms. The molecular weight excluding hydrogens is 238 g/mol. The summed E-state index contributed by atoms with van der Waals surface area (Å²) < 4.78 is 0. The topological polar surface area (TPSA) is 12.0 Å². The van der Waals surface area contributed by atoms with Crippen molar-refractivity contribution in [2.75, 3.05) is 0 Å². The lowest BCUT2D eigenvalue weighted by Crippen LogP contribution is -2.17. The molecule has 0 aliphatic carbocycles. The van der Waals surface area contributed by atoms with Crippen LogP contribution in [0, 0.1) is 5.41 Å². The van der Waals surface area contributed by atoms with Crippen molar-refractivity contribution in [2.45, 2.75) is 59.9 Å². The van der Waals surface area contributed by atoms with Crippen LogP contribution in [-0.4, -0.2) is 0 Å². The standard InChI is InChI=1S/C16H27NS/c1-12(9-15(2,3)4)17-10-14-8-13(11-18-14)16(5,6)7/h8,11,17H,1,9-10H2,2-7H3. The normalized spacial score (nSPS) is 12.6. The van der Waals surface area contributed by atoms with Gasteiger partial charge < -0.3 is 5.32 Å². The minimum atomic E-state index is 0.247. The summed E-state index contributed by atoms with van der Waals surface area (Å²) in [5.74, 6) is 0. The first-order valence-corrected chi connectivity index (χ1v) is 7.45. The molecule has 0 atom stereocenters. The van der Waals surface area contributed by atoms with E-state index in [9.17, 15) is 0 Å². The third-order valence-electron chi connectivity index (χ3n) is 2.78. The van der Waals surface area contributed by atoms with Crippen LogP contribution in [0.5, 0.6) is 0 Å². The van der Waals surface area contributed by atoms with E-state index in [-0.39, 0.29) is 5.41 Å². The van der Waals surface area contributed by atoms with Crippen LogP contribution < -0.4 is 5.32 Å². The van der Waals surface area contributed by atoms with Gasteiger partial charge in [0.25, 0.3) is 0 Å². The van der Waals surface area contributed by atoms with Crippen molar-refractivity contribution in [3.63, 3.8) is 0 Å². The third-order valence-corrected chi connectivity index (χ3v) is 3.71. The molecule has 1 aromatic heterocycles. The smallest absolute Gasteiger partial charge is 0.0491 e. The number of nitrogens with one attached hydrogen (secondary N) is 1. The van der Waals surface area contributed by atoms with Crippen LogP contribution in [0.3, 0.4) is 0 Å². The maximum Gasteiger partial charge on any atom is 0.0491 e. The lowest BCUT2D eigenvalue weighted by Gasteiger charge is -2.20. The van der Waals surface area contributed by atoms with E-state index in [4.69, 9.17) is 0 Å². The second kappa shape index (κ2) is 5.48. The van der Waals surface area contributed by atoms with Crippen molar-refractivity contribution < 1.29 is 0 Å². The van der Waals surface area contributed by atoms with Gasteiger partial charge in [-0.3, -0.25) is 0 Å². The average molecular weight is 265 g/mol. The van der Waals surface area contributed by atoms with Crippen molar-refractivity contribution in [3.05, 3.63) is 34.2 Å². The van der Waals surface area contributed by atoms with Crippen LogP contribution >= 0.6 is 11.3 Å². The molecule has 0 saturated heterocycles. The fourth-order valence-corrected chi connectivity index (χ4v) is 2.83. The maximum absolute atomic E-state index is 4.10. The Morgan fingerprint density at radius 3 is 2.28 bits per heavy atom. The molecule has 1 N–H and O–H groups in total.